The van der Waals surface area contributed by atoms with Gasteiger partial charge in [0.05, 0.1) is 11.0 Å². The highest BCUT2D eigenvalue weighted by Crippen LogP contribution is 2.64. The number of benzene rings is 1. The number of ketones is 1. The first-order chi connectivity index (χ1) is 17.0. The molecule has 35 heavy (non-hydrogen) atoms. The Morgan fingerprint density at radius 1 is 1.23 bits per heavy atom. The summed E-state index contributed by atoms with van der Waals surface area (Å²) >= 11 is 0. The Labute approximate surface area is 208 Å². The van der Waals surface area contributed by atoms with E-state index in [-0.39, 0.29) is 17.8 Å². The number of esters is 1. The molecule has 2 fully saturated rings. The molecule has 4 atom stereocenters. The lowest BCUT2D eigenvalue weighted by atomic mass is 9.49. The molecule has 4 aliphatic rings. The standard InChI is InChI=1S/C29H39NO5/c1-3-5-6-7-8-9-10-11-24(32)34-22-13-12-20-19-23-29(33)15-14-21(31)27-28(29,25(20)26(22)35-27)16-18-30(23)17-4-2/h4,12-13,23,27,33H,2-3,5-11,14-19H2,1H3/t23-,27-,28-,29+/m0/s1. The van der Waals surface area contributed by atoms with E-state index in [4.69, 9.17) is 9.47 Å². The number of hydrogen-bond donors (Lipinski definition) is 1. The van der Waals surface area contributed by atoms with E-state index in [0.717, 1.165) is 36.9 Å². The molecule has 0 aromatic heterocycles. The van der Waals surface area contributed by atoms with Crippen LogP contribution in [0.25, 0.3) is 0 Å². The lowest BCUT2D eigenvalue weighted by molar-refractivity contribution is -0.187. The predicted octanol–water partition coefficient (Wildman–Crippen LogP) is 4.64. The van der Waals surface area contributed by atoms with Crippen molar-refractivity contribution in [3.8, 4) is 11.5 Å². The molecule has 1 aromatic carbocycles. The van der Waals surface area contributed by atoms with Crippen molar-refractivity contribution in [1.29, 1.82) is 0 Å². The highest BCUT2D eigenvalue weighted by atomic mass is 16.6. The van der Waals surface area contributed by atoms with Gasteiger partial charge in [-0.3, -0.25) is 14.5 Å². The summed E-state index contributed by atoms with van der Waals surface area (Å²) in [6.07, 6.45) is 11.6. The van der Waals surface area contributed by atoms with Gasteiger partial charge in [0.15, 0.2) is 23.4 Å². The minimum absolute atomic E-state index is 0.0370. The summed E-state index contributed by atoms with van der Waals surface area (Å²) < 4.78 is 12.1. The molecule has 2 aliphatic heterocycles. The van der Waals surface area contributed by atoms with E-state index < -0.39 is 17.1 Å². The molecule has 1 saturated heterocycles. The maximum atomic E-state index is 13.1. The zero-order valence-corrected chi connectivity index (χ0v) is 21.0. The van der Waals surface area contributed by atoms with Crippen molar-refractivity contribution < 1.29 is 24.2 Å². The van der Waals surface area contributed by atoms with Crippen LogP contribution in [0, 0.1) is 0 Å². The number of nitrogens with zero attached hydrogens (tertiary/aromatic N) is 1. The third kappa shape index (κ3) is 3.84. The molecule has 2 aliphatic carbocycles. The third-order valence-electron chi connectivity index (χ3n) is 8.93. The molecule has 5 rings (SSSR count). The lowest BCUT2D eigenvalue weighted by Gasteiger charge is -2.62. The minimum Gasteiger partial charge on any atom is -0.477 e. The molecular weight excluding hydrogens is 442 g/mol. The van der Waals surface area contributed by atoms with Crippen molar-refractivity contribution in [3.05, 3.63) is 35.9 Å². The van der Waals surface area contributed by atoms with E-state index in [1.165, 1.54) is 25.7 Å². The van der Waals surface area contributed by atoms with E-state index in [1.807, 2.05) is 18.2 Å². The van der Waals surface area contributed by atoms with Gasteiger partial charge in [-0.15, -0.1) is 6.58 Å². The molecule has 6 nitrogen and oxygen atoms in total. The van der Waals surface area contributed by atoms with Crippen LogP contribution < -0.4 is 9.47 Å². The molecule has 1 saturated carbocycles. The van der Waals surface area contributed by atoms with Gasteiger partial charge in [-0.2, -0.15) is 0 Å². The van der Waals surface area contributed by atoms with Crippen molar-refractivity contribution in [2.75, 3.05) is 13.1 Å². The van der Waals surface area contributed by atoms with E-state index in [9.17, 15) is 14.7 Å². The van der Waals surface area contributed by atoms with Gasteiger partial charge < -0.3 is 14.6 Å². The fourth-order valence-electron chi connectivity index (χ4n) is 7.27. The summed E-state index contributed by atoms with van der Waals surface area (Å²) in [4.78, 5) is 28.1. The number of ether oxygens (including phenoxy) is 2. The van der Waals surface area contributed by atoms with Gasteiger partial charge in [0.1, 0.15) is 0 Å². The summed E-state index contributed by atoms with van der Waals surface area (Å²) in [5.41, 5.74) is 0.182. The summed E-state index contributed by atoms with van der Waals surface area (Å²) in [6.45, 7) is 7.59. The molecule has 1 aromatic rings. The zero-order valence-electron chi connectivity index (χ0n) is 21.0. The molecule has 190 valence electrons. The van der Waals surface area contributed by atoms with Crippen molar-refractivity contribution in [1.82, 2.24) is 4.90 Å². The van der Waals surface area contributed by atoms with Gasteiger partial charge in [-0.05, 0) is 37.3 Å². The number of carbonyl (C=O) groups is 2. The second kappa shape index (κ2) is 9.70. The Bertz CT molecular complexity index is 1010. The smallest absolute Gasteiger partial charge is 0.311 e. The normalized spacial score (nSPS) is 30.5. The fourth-order valence-corrected chi connectivity index (χ4v) is 7.27. The number of piperidine rings is 1. The Morgan fingerprint density at radius 3 is 2.77 bits per heavy atom. The number of rotatable bonds is 11. The second-order valence-electron chi connectivity index (χ2n) is 10.9. The molecule has 6 heteroatoms. The monoisotopic (exact) mass is 481 g/mol. The summed E-state index contributed by atoms with van der Waals surface area (Å²) in [6, 6.07) is 3.73. The fraction of sp³-hybridized carbons (Fsp3) is 0.655. The van der Waals surface area contributed by atoms with Gasteiger partial charge in [0.2, 0.25) is 0 Å². The predicted molar refractivity (Wildman–Crippen MR) is 134 cm³/mol. The average Bonchev–Trinajstić information content (AvgIpc) is 3.20. The van der Waals surface area contributed by atoms with Crippen molar-refractivity contribution >= 4 is 11.8 Å². The topological polar surface area (TPSA) is 76.1 Å². The summed E-state index contributed by atoms with van der Waals surface area (Å²) in [5, 5.41) is 12.2. The molecule has 2 heterocycles. The quantitative estimate of drug-likeness (QED) is 0.215. The van der Waals surface area contributed by atoms with Crippen LogP contribution in [0.4, 0.5) is 0 Å². The highest BCUT2D eigenvalue weighted by Gasteiger charge is 2.73. The first-order valence-electron chi connectivity index (χ1n) is 13.6. The minimum atomic E-state index is -1.05. The van der Waals surface area contributed by atoms with Crippen LogP contribution in [0.5, 0.6) is 11.5 Å². The molecular formula is C29H39NO5. The lowest BCUT2D eigenvalue weighted by Crippen LogP contribution is -2.76. The van der Waals surface area contributed by atoms with Crippen LogP contribution in [-0.4, -0.2) is 52.6 Å². The molecule has 0 radical (unpaired) electrons. The van der Waals surface area contributed by atoms with Crippen LogP contribution in [-0.2, 0) is 21.4 Å². The first kappa shape index (κ1) is 24.5. The van der Waals surface area contributed by atoms with Crippen LogP contribution in [0.15, 0.2) is 24.8 Å². The summed E-state index contributed by atoms with van der Waals surface area (Å²) in [5.74, 6) is 0.670. The molecule has 1 spiro atoms. The van der Waals surface area contributed by atoms with Crippen molar-refractivity contribution in [2.45, 2.75) is 107 Å². The van der Waals surface area contributed by atoms with E-state index in [0.29, 0.717) is 50.1 Å². The van der Waals surface area contributed by atoms with Crippen LogP contribution >= 0.6 is 0 Å². The van der Waals surface area contributed by atoms with E-state index in [2.05, 4.69) is 18.4 Å². The van der Waals surface area contributed by atoms with Crippen molar-refractivity contribution in [2.24, 2.45) is 0 Å². The maximum absolute atomic E-state index is 13.1. The average molecular weight is 482 g/mol. The van der Waals surface area contributed by atoms with Gasteiger partial charge >= 0.3 is 5.97 Å². The summed E-state index contributed by atoms with van der Waals surface area (Å²) in [7, 11) is 0. The number of Topliss-reactive ketones (excluding diaryl/α,β-unsaturated/α-hetero) is 1. The molecule has 0 unspecified atom stereocenters. The van der Waals surface area contributed by atoms with E-state index >= 15 is 0 Å². The molecule has 1 N–H and O–H groups in total. The third-order valence-corrected chi connectivity index (χ3v) is 8.93. The number of carbonyl (C=O) groups excluding carboxylic acids is 2. The van der Waals surface area contributed by atoms with Crippen molar-refractivity contribution in [3.63, 3.8) is 0 Å². The Kier molecular flexibility index (Phi) is 6.79. The Morgan fingerprint density at radius 2 is 2.00 bits per heavy atom. The van der Waals surface area contributed by atoms with Gasteiger partial charge in [0, 0.05) is 37.5 Å². The van der Waals surface area contributed by atoms with Gasteiger partial charge in [-0.25, -0.2) is 0 Å². The van der Waals surface area contributed by atoms with Crippen LogP contribution in [0.3, 0.4) is 0 Å². The van der Waals surface area contributed by atoms with Crippen LogP contribution in [0.2, 0.25) is 0 Å². The highest BCUT2D eigenvalue weighted by molar-refractivity contribution is 5.90. The SMILES string of the molecule is C=CCN1CC[C@]23c4c5ccc(OC(=O)CCCCCCCCC)c4O[C@H]2C(=O)CC[C@@]3(O)[C@@H]1C5. The van der Waals surface area contributed by atoms with Crippen LogP contribution in [0.1, 0.15) is 88.7 Å². The number of aliphatic hydroxyl groups is 1. The molecule has 2 bridgehead atoms. The van der Waals surface area contributed by atoms with Gasteiger partial charge in [0.25, 0.3) is 0 Å². The first-order valence-corrected chi connectivity index (χ1v) is 13.6. The Balaban J connectivity index is 1.37. The number of likely N-dealkylation sites (tertiary alicyclic amines) is 1. The maximum Gasteiger partial charge on any atom is 0.311 e. The molecule has 0 amide bonds. The Hall–Kier alpha value is -2.18. The second-order valence-corrected chi connectivity index (χ2v) is 10.9. The largest absolute Gasteiger partial charge is 0.477 e. The number of hydrogen-bond acceptors (Lipinski definition) is 6. The number of unbranched alkanes of at least 4 members (excludes halogenated alkanes) is 6. The van der Waals surface area contributed by atoms with E-state index in [1.54, 1.807) is 0 Å². The zero-order chi connectivity index (χ0) is 24.6. The van der Waals surface area contributed by atoms with Gasteiger partial charge in [-0.1, -0.05) is 57.6 Å².